The summed E-state index contributed by atoms with van der Waals surface area (Å²) in [5.41, 5.74) is 9.32. The highest BCUT2D eigenvalue weighted by Crippen LogP contribution is 2.12. The lowest BCUT2D eigenvalue weighted by Crippen LogP contribution is -2.29. The first-order valence-electron chi connectivity index (χ1n) is 15.2. The van der Waals surface area contributed by atoms with Crippen LogP contribution in [0.5, 0.6) is 0 Å². The number of rotatable bonds is 18. The number of nitrogens with two attached hydrogens (primary N) is 1. The summed E-state index contributed by atoms with van der Waals surface area (Å²) >= 11 is 3.36. The van der Waals surface area contributed by atoms with Gasteiger partial charge in [-0.1, -0.05) is 107 Å². The van der Waals surface area contributed by atoms with E-state index in [1.54, 1.807) is 0 Å². The second-order valence-electron chi connectivity index (χ2n) is 9.35. The van der Waals surface area contributed by atoms with E-state index in [4.69, 9.17) is 24.7 Å². The van der Waals surface area contributed by atoms with Crippen LogP contribution < -0.4 is 5.73 Å². The van der Waals surface area contributed by atoms with Gasteiger partial charge in [0.25, 0.3) is 0 Å². The average Bonchev–Trinajstić information content (AvgIpc) is 3.02. The summed E-state index contributed by atoms with van der Waals surface area (Å²) in [5.74, 6) is 0. The number of alkyl halides is 1. The Labute approximate surface area is 263 Å². The van der Waals surface area contributed by atoms with E-state index < -0.39 is 0 Å². The Balaban J connectivity index is 0.000000400. The monoisotopic (exact) mass is 644 g/mol. The molecule has 0 spiro atoms. The van der Waals surface area contributed by atoms with Gasteiger partial charge in [0.2, 0.25) is 0 Å². The Bertz CT molecular complexity index is 905. The fourth-order valence-corrected chi connectivity index (χ4v) is 4.44. The summed E-state index contributed by atoms with van der Waals surface area (Å²) in [6.45, 7) is 14.1. The van der Waals surface area contributed by atoms with Crippen LogP contribution in [0.1, 0.15) is 57.2 Å². The highest BCUT2D eigenvalue weighted by atomic mass is 79.9. The van der Waals surface area contributed by atoms with Crippen molar-refractivity contribution in [1.29, 1.82) is 0 Å². The van der Waals surface area contributed by atoms with Crippen LogP contribution >= 0.6 is 15.9 Å². The summed E-state index contributed by atoms with van der Waals surface area (Å²) in [5, 5.41) is 0.952. The third-order valence-electron chi connectivity index (χ3n) is 5.99. The number of hydrogen-bond acceptors (Lipinski definition) is 6. The van der Waals surface area contributed by atoms with E-state index >= 15 is 0 Å². The molecule has 3 rings (SSSR count). The molecule has 0 heterocycles. The van der Waals surface area contributed by atoms with E-state index in [0.29, 0.717) is 33.0 Å². The lowest BCUT2D eigenvalue weighted by atomic mass is 10.1. The molecule has 0 aliphatic rings. The zero-order valence-electron chi connectivity index (χ0n) is 26.1. The maximum atomic E-state index is 5.68. The van der Waals surface area contributed by atoms with Crippen molar-refractivity contribution < 1.29 is 18.9 Å². The smallest absolute Gasteiger partial charge is 0.158 e. The first-order valence-corrected chi connectivity index (χ1v) is 16.3. The summed E-state index contributed by atoms with van der Waals surface area (Å²) in [7, 11) is 0. The number of halogens is 1. The zero-order chi connectivity index (χ0) is 30.7. The molecule has 0 amide bonds. The summed E-state index contributed by atoms with van der Waals surface area (Å²) in [4.78, 5) is 2.45. The molecule has 0 aliphatic carbocycles. The minimum atomic E-state index is -0.117. The van der Waals surface area contributed by atoms with Crippen LogP contribution in [0, 0.1) is 0 Å². The van der Waals surface area contributed by atoms with Crippen molar-refractivity contribution in [2.75, 3.05) is 39.5 Å². The van der Waals surface area contributed by atoms with E-state index in [1.165, 1.54) is 16.7 Å². The van der Waals surface area contributed by atoms with Crippen LogP contribution in [0.4, 0.5) is 0 Å². The van der Waals surface area contributed by atoms with Crippen molar-refractivity contribution in [3.05, 3.63) is 108 Å². The summed E-state index contributed by atoms with van der Waals surface area (Å²) in [6.07, 6.45) is 1.44. The fourth-order valence-electron chi connectivity index (χ4n) is 4.06. The molecule has 0 saturated carbocycles. The Morgan fingerprint density at radius 3 is 1.24 bits per heavy atom. The van der Waals surface area contributed by atoms with E-state index in [0.717, 1.165) is 37.8 Å². The van der Waals surface area contributed by atoms with E-state index in [1.807, 2.05) is 45.9 Å². The molecule has 3 aromatic rings. The molecule has 234 valence electrons. The standard InChI is InChI=1S/C21H29NO2.C7H7Br.C7H17NO2/c1-3-23-21(24-4-2)15-16-22(17-19-11-7-5-8-12-19)18-20-13-9-6-10-14-20;8-6-7-4-2-1-3-5-7;1-3-9-7(5-6-8)10-4-2/h5-14,21H,3-4,15-18H2,1-2H3;1-5H,6H2;7H,3-6,8H2,1-2H3. The first kappa shape index (κ1) is 37.9. The van der Waals surface area contributed by atoms with Crippen molar-refractivity contribution in [3.63, 3.8) is 0 Å². The molecule has 2 N–H and O–H groups in total. The van der Waals surface area contributed by atoms with Gasteiger partial charge >= 0.3 is 0 Å². The van der Waals surface area contributed by atoms with Gasteiger partial charge < -0.3 is 24.7 Å². The largest absolute Gasteiger partial charge is 0.353 e. The van der Waals surface area contributed by atoms with Crippen molar-refractivity contribution in [3.8, 4) is 0 Å². The topological polar surface area (TPSA) is 66.2 Å². The zero-order valence-corrected chi connectivity index (χ0v) is 27.7. The SMILES string of the molecule is BrCc1ccccc1.CCOC(CCN(Cc1ccccc1)Cc1ccccc1)OCC.CCOC(CCN)OCC. The lowest BCUT2D eigenvalue weighted by molar-refractivity contribution is -0.142. The molecule has 0 atom stereocenters. The van der Waals surface area contributed by atoms with E-state index in [2.05, 4.69) is 93.6 Å². The third kappa shape index (κ3) is 19.2. The normalized spacial score (nSPS) is 10.8. The van der Waals surface area contributed by atoms with Crippen molar-refractivity contribution in [1.82, 2.24) is 4.90 Å². The van der Waals surface area contributed by atoms with E-state index in [-0.39, 0.29) is 12.6 Å². The van der Waals surface area contributed by atoms with Gasteiger partial charge in [0.05, 0.1) is 0 Å². The van der Waals surface area contributed by atoms with Gasteiger partial charge in [-0.2, -0.15) is 0 Å². The predicted octanol–water partition coefficient (Wildman–Crippen LogP) is 7.79. The minimum absolute atomic E-state index is 0.0972. The fraction of sp³-hybridized carbons (Fsp3) is 0.486. The van der Waals surface area contributed by atoms with Crippen LogP contribution in [0.2, 0.25) is 0 Å². The van der Waals surface area contributed by atoms with Crippen molar-refractivity contribution in [2.24, 2.45) is 5.73 Å². The lowest BCUT2D eigenvalue weighted by Gasteiger charge is -2.25. The number of benzene rings is 3. The maximum absolute atomic E-state index is 5.68. The van der Waals surface area contributed by atoms with Crippen molar-refractivity contribution in [2.45, 2.75) is 71.5 Å². The second-order valence-corrected chi connectivity index (χ2v) is 9.91. The molecule has 0 radical (unpaired) electrons. The maximum Gasteiger partial charge on any atom is 0.158 e. The van der Waals surface area contributed by atoms with Crippen LogP contribution in [0.25, 0.3) is 0 Å². The first-order chi connectivity index (χ1) is 20.6. The molecule has 3 aromatic carbocycles. The average molecular weight is 646 g/mol. The molecular weight excluding hydrogens is 592 g/mol. The van der Waals surface area contributed by atoms with Gasteiger partial charge in [0.1, 0.15) is 0 Å². The second kappa shape index (κ2) is 26.5. The highest BCUT2D eigenvalue weighted by Gasteiger charge is 2.13. The minimum Gasteiger partial charge on any atom is -0.353 e. The Morgan fingerprint density at radius 1 is 0.571 bits per heavy atom. The van der Waals surface area contributed by atoms with Gasteiger partial charge in [0.15, 0.2) is 12.6 Å². The molecule has 0 unspecified atom stereocenters. The molecule has 0 fully saturated rings. The number of ether oxygens (including phenoxy) is 4. The van der Waals surface area contributed by atoms with Crippen LogP contribution in [-0.2, 0) is 37.4 Å². The Morgan fingerprint density at radius 2 is 0.929 bits per heavy atom. The van der Waals surface area contributed by atoms with Gasteiger partial charge in [-0.3, -0.25) is 4.90 Å². The molecule has 7 heteroatoms. The van der Waals surface area contributed by atoms with Crippen molar-refractivity contribution >= 4 is 15.9 Å². The van der Waals surface area contributed by atoms with Crippen LogP contribution in [0.3, 0.4) is 0 Å². The number of hydrogen-bond donors (Lipinski definition) is 1. The molecule has 42 heavy (non-hydrogen) atoms. The highest BCUT2D eigenvalue weighted by molar-refractivity contribution is 9.08. The molecule has 6 nitrogen and oxygen atoms in total. The summed E-state index contributed by atoms with van der Waals surface area (Å²) < 4.78 is 21.8. The third-order valence-corrected chi connectivity index (χ3v) is 6.64. The van der Waals surface area contributed by atoms with Crippen LogP contribution in [0.15, 0.2) is 91.0 Å². The van der Waals surface area contributed by atoms with E-state index in [9.17, 15) is 0 Å². The van der Waals surface area contributed by atoms with Gasteiger partial charge in [0, 0.05) is 64.2 Å². The molecule has 0 bridgehead atoms. The quantitative estimate of drug-likeness (QED) is 0.113. The molecule has 0 aromatic heterocycles. The number of nitrogens with zero attached hydrogens (tertiary/aromatic N) is 1. The Hall–Kier alpha value is -2.10. The van der Waals surface area contributed by atoms with Crippen LogP contribution in [-0.4, -0.2) is 57.0 Å². The summed E-state index contributed by atoms with van der Waals surface area (Å²) in [6, 6.07) is 31.5. The molecule has 0 saturated heterocycles. The van der Waals surface area contributed by atoms with Gasteiger partial charge in [-0.25, -0.2) is 0 Å². The van der Waals surface area contributed by atoms with Gasteiger partial charge in [-0.05, 0) is 50.9 Å². The molecule has 0 aliphatic heterocycles. The molecular formula is C35H53BrN2O4. The predicted molar refractivity (Wildman–Crippen MR) is 178 cm³/mol. The van der Waals surface area contributed by atoms with Gasteiger partial charge in [-0.15, -0.1) is 0 Å². The Kier molecular flexibility index (Phi) is 23.9.